The summed E-state index contributed by atoms with van der Waals surface area (Å²) in [5, 5.41) is 13.9. The van der Waals surface area contributed by atoms with Crippen LogP contribution in [0.3, 0.4) is 0 Å². The maximum Gasteiger partial charge on any atom is 0.250 e. The second kappa shape index (κ2) is 13.5. The van der Waals surface area contributed by atoms with Gasteiger partial charge in [-0.15, -0.1) is 10.2 Å². The van der Waals surface area contributed by atoms with Crippen molar-refractivity contribution >= 4 is 51.8 Å². The van der Waals surface area contributed by atoms with Gasteiger partial charge in [0.05, 0.1) is 20.0 Å². The fourth-order valence-corrected chi connectivity index (χ4v) is 4.61. The van der Waals surface area contributed by atoms with Gasteiger partial charge in [-0.1, -0.05) is 54.6 Å². The molecule has 0 fully saturated rings. The number of carbonyl (C=O) groups excluding carboxylic acids is 2. The molecule has 0 spiro atoms. The monoisotopic (exact) mass is 512 g/mol. The molecule has 0 radical (unpaired) electrons. The molecule has 10 heteroatoms. The summed E-state index contributed by atoms with van der Waals surface area (Å²) in [6.07, 6.45) is 6.41. The van der Waals surface area contributed by atoms with E-state index in [0.717, 1.165) is 30.5 Å². The van der Waals surface area contributed by atoms with Gasteiger partial charge >= 0.3 is 0 Å². The first-order valence-corrected chi connectivity index (χ1v) is 12.9. The zero-order valence-corrected chi connectivity index (χ0v) is 21.5. The van der Waals surface area contributed by atoms with Crippen molar-refractivity contribution in [2.45, 2.75) is 30.5 Å². The van der Waals surface area contributed by atoms with E-state index in [-0.39, 0.29) is 17.6 Å². The topological polar surface area (TPSA) is 102 Å². The summed E-state index contributed by atoms with van der Waals surface area (Å²) >= 11 is 2.48. The van der Waals surface area contributed by atoms with E-state index in [1.54, 1.807) is 32.4 Å². The number of anilines is 2. The molecule has 0 bridgehead atoms. The summed E-state index contributed by atoms with van der Waals surface area (Å²) in [4.78, 5) is 24.5. The van der Waals surface area contributed by atoms with E-state index < -0.39 is 0 Å². The normalized spacial score (nSPS) is 10.8. The molecule has 0 saturated carbocycles. The first kappa shape index (κ1) is 26.2. The molecule has 0 aliphatic heterocycles. The second-order valence-corrected chi connectivity index (χ2v) is 9.65. The van der Waals surface area contributed by atoms with Gasteiger partial charge in [-0.05, 0) is 54.3 Å². The Morgan fingerprint density at radius 1 is 1.03 bits per heavy atom. The van der Waals surface area contributed by atoms with Gasteiger partial charge in [0, 0.05) is 11.8 Å². The van der Waals surface area contributed by atoms with Crippen molar-refractivity contribution in [3.8, 4) is 11.5 Å². The van der Waals surface area contributed by atoms with Crippen molar-refractivity contribution in [2.24, 2.45) is 0 Å². The number of aromatic nitrogens is 2. The zero-order chi connectivity index (χ0) is 25.0. The third kappa shape index (κ3) is 8.41. The molecule has 0 atom stereocenters. The molecule has 2 aromatic carbocycles. The minimum Gasteiger partial charge on any atom is -0.493 e. The van der Waals surface area contributed by atoms with Crippen molar-refractivity contribution in [3.05, 3.63) is 59.7 Å². The largest absolute Gasteiger partial charge is 0.493 e. The molecule has 0 aliphatic carbocycles. The van der Waals surface area contributed by atoms with Gasteiger partial charge in [-0.25, -0.2) is 0 Å². The van der Waals surface area contributed by atoms with Crippen LogP contribution in [-0.2, 0) is 16.0 Å². The summed E-state index contributed by atoms with van der Waals surface area (Å²) in [6.45, 7) is 2.17. The van der Waals surface area contributed by atoms with Crippen molar-refractivity contribution < 1.29 is 19.1 Å². The molecule has 8 nitrogen and oxygen atoms in total. The molecule has 1 aromatic heterocycles. The fourth-order valence-electron chi connectivity index (χ4n) is 3.05. The maximum absolute atomic E-state index is 12.3. The lowest BCUT2D eigenvalue weighted by Gasteiger charge is -2.07. The van der Waals surface area contributed by atoms with Crippen LogP contribution < -0.4 is 20.1 Å². The van der Waals surface area contributed by atoms with E-state index in [0.29, 0.717) is 21.0 Å². The number of rotatable bonds is 12. The van der Waals surface area contributed by atoms with Gasteiger partial charge in [-0.3, -0.25) is 14.9 Å². The Balaban J connectivity index is 1.45. The van der Waals surface area contributed by atoms with Gasteiger partial charge in [0.25, 0.3) is 0 Å². The highest BCUT2D eigenvalue weighted by atomic mass is 32.2. The molecule has 184 valence electrons. The number of unbranched alkanes of at least 4 members (excludes halogenated alkanes) is 1. The molecular formula is C25H28N4O4S2. The van der Waals surface area contributed by atoms with Crippen LogP contribution in [0.1, 0.15) is 30.9 Å². The predicted octanol–water partition coefficient (Wildman–Crippen LogP) is 5.28. The molecule has 3 rings (SSSR count). The molecule has 35 heavy (non-hydrogen) atoms. The van der Waals surface area contributed by atoms with Crippen LogP contribution in [0.5, 0.6) is 11.5 Å². The van der Waals surface area contributed by atoms with Crippen molar-refractivity contribution in [2.75, 3.05) is 30.6 Å². The average molecular weight is 513 g/mol. The summed E-state index contributed by atoms with van der Waals surface area (Å²) < 4.78 is 11.1. The number of nitrogens with one attached hydrogen (secondary N) is 2. The van der Waals surface area contributed by atoms with Crippen LogP contribution >= 0.6 is 23.1 Å². The number of ether oxygens (including phenoxy) is 2. The molecular weight excluding hydrogens is 484 g/mol. The smallest absolute Gasteiger partial charge is 0.250 e. The number of benzene rings is 2. The Labute approximate surface area is 213 Å². The van der Waals surface area contributed by atoms with E-state index in [1.807, 2.05) is 30.3 Å². The van der Waals surface area contributed by atoms with Crippen LogP contribution in [0, 0.1) is 0 Å². The molecule has 0 unspecified atom stereocenters. The van der Waals surface area contributed by atoms with Crippen LogP contribution in [-0.4, -0.2) is 42.0 Å². The summed E-state index contributed by atoms with van der Waals surface area (Å²) in [6, 6.07) is 13.3. The Morgan fingerprint density at radius 3 is 2.51 bits per heavy atom. The Bertz CT molecular complexity index is 1160. The van der Waals surface area contributed by atoms with Crippen LogP contribution in [0.15, 0.2) is 52.9 Å². The first-order chi connectivity index (χ1) is 17.0. The van der Waals surface area contributed by atoms with Crippen molar-refractivity contribution in [3.63, 3.8) is 0 Å². The number of amides is 2. The highest BCUT2D eigenvalue weighted by molar-refractivity contribution is 8.01. The molecule has 2 N–H and O–H groups in total. The minimum atomic E-state index is -0.340. The minimum absolute atomic E-state index is 0.130. The number of methoxy groups -OCH3 is 2. The number of carbonyl (C=O) groups is 2. The lowest BCUT2D eigenvalue weighted by molar-refractivity contribution is -0.114. The zero-order valence-electron chi connectivity index (χ0n) is 19.9. The SMILES string of the molecule is CCCCc1ccc(NC(=O)CSc2nnc(NC(=O)/C=C/c3ccc(OC)c(OC)c3)s2)cc1. The van der Waals surface area contributed by atoms with Crippen molar-refractivity contribution in [1.29, 1.82) is 0 Å². The van der Waals surface area contributed by atoms with Gasteiger partial charge < -0.3 is 14.8 Å². The number of hydrogen-bond acceptors (Lipinski definition) is 8. The fraction of sp³-hybridized carbons (Fsp3) is 0.280. The van der Waals surface area contributed by atoms with Crippen LogP contribution in [0.4, 0.5) is 10.8 Å². The van der Waals surface area contributed by atoms with E-state index >= 15 is 0 Å². The second-order valence-electron chi connectivity index (χ2n) is 7.45. The van der Waals surface area contributed by atoms with E-state index in [2.05, 4.69) is 27.8 Å². The molecule has 0 aliphatic rings. The summed E-state index contributed by atoms with van der Waals surface area (Å²) in [5.41, 5.74) is 2.82. The van der Waals surface area contributed by atoms with Gasteiger partial charge in [0.2, 0.25) is 16.9 Å². The van der Waals surface area contributed by atoms with Gasteiger partial charge in [-0.2, -0.15) is 0 Å². The van der Waals surface area contributed by atoms with Gasteiger partial charge in [0.15, 0.2) is 15.8 Å². The van der Waals surface area contributed by atoms with E-state index in [4.69, 9.17) is 9.47 Å². The first-order valence-electron chi connectivity index (χ1n) is 11.1. The highest BCUT2D eigenvalue weighted by Crippen LogP contribution is 2.28. The number of hydrogen-bond donors (Lipinski definition) is 2. The predicted molar refractivity (Wildman–Crippen MR) is 142 cm³/mol. The Hall–Kier alpha value is -3.37. The van der Waals surface area contributed by atoms with E-state index in [1.165, 1.54) is 34.7 Å². The maximum atomic E-state index is 12.3. The molecule has 2 amide bonds. The quantitative estimate of drug-likeness (QED) is 0.193. The highest BCUT2D eigenvalue weighted by Gasteiger charge is 2.10. The summed E-state index contributed by atoms with van der Waals surface area (Å²) in [5.74, 6) is 0.915. The third-order valence-corrected chi connectivity index (χ3v) is 6.83. The van der Waals surface area contributed by atoms with Gasteiger partial charge in [0.1, 0.15) is 0 Å². The standard InChI is InChI=1S/C25H28N4O4S2/c1-4-5-6-17-7-11-19(12-8-17)26-23(31)16-34-25-29-28-24(35-25)27-22(30)14-10-18-9-13-20(32-2)21(15-18)33-3/h7-15H,4-6,16H2,1-3H3,(H,26,31)(H,27,28,30)/b14-10+. The number of aryl methyl sites for hydroxylation is 1. The number of thioether (sulfide) groups is 1. The summed E-state index contributed by atoms with van der Waals surface area (Å²) in [7, 11) is 3.12. The lowest BCUT2D eigenvalue weighted by Crippen LogP contribution is -2.13. The Morgan fingerprint density at radius 2 is 1.80 bits per heavy atom. The lowest BCUT2D eigenvalue weighted by atomic mass is 10.1. The number of nitrogens with zero attached hydrogens (tertiary/aromatic N) is 2. The molecule has 1 heterocycles. The van der Waals surface area contributed by atoms with Crippen molar-refractivity contribution in [1.82, 2.24) is 10.2 Å². The van der Waals surface area contributed by atoms with Crippen LogP contribution in [0.2, 0.25) is 0 Å². The third-order valence-electron chi connectivity index (χ3n) is 4.85. The van der Waals surface area contributed by atoms with E-state index in [9.17, 15) is 9.59 Å². The average Bonchev–Trinajstić information content (AvgIpc) is 3.32. The molecule has 0 saturated heterocycles. The Kier molecular flexibility index (Phi) is 10.1. The van der Waals surface area contributed by atoms with Crippen LogP contribution in [0.25, 0.3) is 6.08 Å². The molecule has 3 aromatic rings.